The van der Waals surface area contributed by atoms with Crippen LogP contribution in [0.4, 0.5) is 25.3 Å². The Balaban J connectivity index is 1.41. The quantitative estimate of drug-likeness (QED) is 0.150. The lowest BCUT2D eigenvalue weighted by Gasteiger charge is -2.36. The molecule has 3 aliphatic rings. The number of alkyl halides is 1. The van der Waals surface area contributed by atoms with E-state index in [0.717, 1.165) is 30.7 Å². The van der Waals surface area contributed by atoms with E-state index in [1.165, 1.54) is 12.1 Å². The van der Waals surface area contributed by atoms with E-state index in [-0.39, 0.29) is 58.2 Å². The maximum atomic E-state index is 15.0. The summed E-state index contributed by atoms with van der Waals surface area (Å²) in [6.07, 6.45) is 3.10. The normalized spacial score (nSPS) is 23.0. The van der Waals surface area contributed by atoms with Crippen molar-refractivity contribution in [1.29, 1.82) is 5.26 Å². The van der Waals surface area contributed by atoms with Gasteiger partial charge in [-0.1, -0.05) is 18.7 Å². The van der Waals surface area contributed by atoms with Crippen molar-refractivity contribution in [2.45, 2.75) is 56.4 Å². The molecule has 7 rings (SSSR count). The number of fused-ring (bicyclic) bond motifs is 3. The highest BCUT2D eigenvalue weighted by Gasteiger charge is 2.49. The van der Waals surface area contributed by atoms with Crippen LogP contribution in [0, 0.1) is 23.7 Å². The Bertz CT molecular complexity index is 2130. The number of methoxy groups -OCH3 is 1. The minimum Gasteiger partial charge on any atom is -0.461 e. The third-order valence-corrected chi connectivity index (χ3v) is 11.7. The van der Waals surface area contributed by atoms with Gasteiger partial charge in [0.1, 0.15) is 30.5 Å². The summed E-state index contributed by atoms with van der Waals surface area (Å²) in [6.45, 7) is 16.1. The summed E-state index contributed by atoms with van der Waals surface area (Å²) >= 11 is 0.994. The summed E-state index contributed by atoms with van der Waals surface area (Å²) in [7, 11) is 1.60. The predicted molar refractivity (Wildman–Crippen MR) is 193 cm³/mol. The van der Waals surface area contributed by atoms with Gasteiger partial charge in [0.2, 0.25) is 11.6 Å². The average molecular weight is 713 g/mol. The Labute approximate surface area is 298 Å². The molecule has 14 heteroatoms. The molecule has 4 aromatic rings. The minimum atomic E-state index is -0.939. The van der Waals surface area contributed by atoms with Crippen LogP contribution in [0.15, 0.2) is 36.9 Å². The number of carbonyl (C=O) groups is 1. The molecule has 2 aromatic heterocycles. The van der Waals surface area contributed by atoms with Crippen molar-refractivity contribution >= 4 is 54.7 Å². The molecule has 2 aromatic carbocycles. The van der Waals surface area contributed by atoms with Crippen LogP contribution in [0.2, 0.25) is 0 Å². The van der Waals surface area contributed by atoms with Gasteiger partial charge in [-0.05, 0) is 56.5 Å². The Morgan fingerprint density at radius 2 is 2.12 bits per heavy atom. The summed E-state index contributed by atoms with van der Waals surface area (Å²) in [5.41, 5.74) is 7.26. The number of anilines is 2. The van der Waals surface area contributed by atoms with E-state index in [0.29, 0.717) is 65.7 Å². The van der Waals surface area contributed by atoms with Gasteiger partial charge in [-0.3, -0.25) is 9.69 Å². The number of thiophene rings is 1. The number of rotatable bonds is 10. The van der Waals surface area contributed by atoms with Gasteiger partial charge < -0.3 is 25.0 Å². The summed E-state index contributed by atoms with van der Waals surface area (Å²) in [4.78, 5) is 32.3. The van der Waals surface area contributed by atoms with Crippen molar-refractivity contribution in [3.05, 3.63) is 59.7 Å². The van der Waals surface area contributed by atoms with Crippen LogP contribution in [0.1, 0.15) is 38.2 Å². The van der Waals surface area contributed by atoms with Crippen molar-refractivity contribution < 1.29 is 23.0 Å². The van der Waals surface area contributed by atoms with Gasteiger partial charge in [0.15, 0.2) is 0 Å². The molecule has 3 fully saturated rings. The van der Waals surface area contributed by atoms with Gasteiger partial charge in [-0.2, -0.15) is 15.2 Å². The number of amides is 1. The lowest BCUT2D eigenvalue weighted by molar-refractivity contribution is -0.127. The molecular weight excluding hydrogens is 675 g/mol. The lowest BCUT2D eigenvalue weighted by atomic mass is 9.94. The predicted octanol–water partition coefficient (Wildman–Crippen LogP) is 6.24. The molecule has 11 nitrogen and oxygen atoms in total. The molecule has 0 bridgehead atoms. The number of hydrogen-bond donors (Lipinski definition) is 1. The highest BCUT2D eigenvalue weighted by atomic mass is 32.1. The van der Waals surface area contributed by atoms with Gasteiger partial charge in [0.05, 0.1) is 51.6 Å². The molecule has 264 valence electrons. The third-order valence-electron chi connectivity index (χ3n) is 10.7. The van der Waals surface area contributed by atoms with Crippen molar-refractivity contribution in [1.82, 2.24) is 19.8 Å². The first kappa shape index (κ1) is 34.6. The number of carbonyl (C=O) groups excluding carboxylic acids is 1. The molecule has 0 spiro atoms. The smallest absolute Gasteiger partial charge is 0.319 e. The molecule has 1 amide bonds. The molecule has 2 N–H and O–H groups in total. The van der Waals surface area contributed by atoms with Crippen molar-refractivity contribution in [3.63, 3.8) is 0 Å². The Morgan fingerprint density at radius 1 is 1.31 bits per heavy atom. The lowest BCUT2D eigenvalue weighted by Crippen LogP contribution is -2.49. The second-order valence-corrected chi connectivity index (χ2v) is 14.4. The van der Waals surface area contributed by atoms with Gasteiger partial charge >= 0.3 is 6.01 Å². The zero-order valence-corrected chi connectivity index (χ0v) is 29.3. The van der Waals surface area contributed by atoms with E-state index in [9.17, 15) is 14.4 Å². The molecule has 4 atom stereocenters. The number of likely N-dealkylation sites (N-methyl/N-ethyl adjacent to an activating group) is 1. The number of nitriles is 1. The first-order chi connectivity index (χ1) is 24.7. The Kier molecular flexibility index (Phi) is 9.27. The summed E-state index contributed by atoms with van der Waals surface area (Å²) in [6, 6.07) is 8.32. The van der Waals surface area contributed by atoms with Crippen LogP contribution in [0.5, 0.6) is 6.01 Å². The van der Waals surface area contributed by atoms with Gasteiger partial charge in [0.25, 0.3) is 0 Å². The van der Waals surface area contributed by atoms with Crippen molar-refractivity contribution in [2.24, 2.45) is 0 Å². The third kappa shape index (κ3) is 5.72. The molecule has 0 radical (unpaired) electrons. The van der Waals surface area contributed by atoms with Crippen LogP contribution in [0.25, 0.3) is 37.0 Å². The fourth-order valence-electron chi connectivity index (χ4n) is 8.44. The number of ether oxygens (including phenoxy) is 2. The summed E-state index contributed by atoms with van der Waals surface area (Å²) < 4.78 is 41.9. The number of halogens is 2. The zero-order chi connectivity index (χ0) is 36.0. The van der Waals surface area contributed by atoms with Crippen molar-refractivity contribution in [3.8, 4) is 23.2 Å². The highest BCUT2D eigenvalue weighted by molar-refractivity contribution is 7.23. The van der Waals surface area contributed by atoms with E-state index >= 15 is 4.39 Å². The molecule has 3 aliphatic heterocycles. The first-order valence-corrected chi connectivity index (χ1v) is 17.8. The second kappa shape index (κ2) is 13.7. The van der Waals surface area contributed by atoms with Crippen LogP contribution in [0.3, 0.4) is 0 Å². The van der Waals surface area contributed by atoms with Crippen LogP contribution in [-0.2, 0) is 9.53 Å². The molecule has 0 aliphatic carbocycles. The van der Waals surface area contributed by atoms with Gasteiger partial charge in [-0.25, -0.2) is 13.6 Å². The fourth-order valence-corrected chi connectivity index (χ4v) is 9.38. The van der Waals surface area contributed by atoms with Crippen molar-refractivity contribution in [2.75, 3.05) is 57.1 Å². The van der Waals surface area contributed by atoms with Crippen LogP contribution in [-0.4, -0.2) is 96.0 Å². The largest absolute Gasteiger partial charge is 0.461 e. The number of likely N-dealkylation sites (tertiary alicyclic amines) is 1. The molecule has 3 saturated heterocycles. The Hall–Kier alpha value is -4.89. The van der Waals surface area contributed by atoms with Crippen LogP contribution < -0.4 is 15.4 Å². The van der Waals surface area contributed by atoms with E-state index in [4.69, 9.17) is 31.7 Å². The minimum absolute atomic E-state index is 0.0410. The topological polar surface area (TPSA) is 125 Å². The number of nitrogens with zero attached hydrogens (tertiary/aromatic N) is 7. The zero-order valence-electron chi connectivity index (χ0n) is 28.5. The molecule has 1 unspecified atom stereocenters. The Morgan fingerprint density at radius 3 is 2.84 bits per heavy atom. The maximum absolute atomic E-state index is 15.0. The van der Waals surface area contributed by atoms with E-state index < -0.39 is 17.5 Å². The number of hydrogen-bond acceptors (Lipinski definition) is 10. The van der Waals surface area contributed by atoms with Crippen LogP contribution >= 0.6 is 11.3 Å². The molecule has 51 heavy (non-hydrogen) atoms. The first-order valence-electron chi connectivity index (χ1n) is 17.0. The maximum Gasteiger partial charge on any atom is 0.319 e. The van der Waals surface area contributed by atoms with Gasteiger partial charge in [0, 0.05) is 49.5 Å². The number of aromatic nitrogens is 2. The fraction of sp³-hybridized carbons (Fsp3) is 0.432. The number of nitrogens with two attached hydrogens (primary N) is 1. The standard InChI is InChI=1S/C37H38F2N8O3S/c1-5-29(48)47-15-12-27(28(47)19-49-4)46(6-2)35-24-9-8-22(23-10-11-26(39)33-30(23)32(42-3)34(41)51-33)25(17-40)31(24)43-36(44-35)50-20-37-13-7-14-45(37)18-21(38)16-37/h5,8-11,21,27-28H,1,6-7,12-16,18-20,41H2,2,4H3/t21-,27?,28-,37+/m1/s1. The highest BCUT2D eigenvalue weighted by Crippen LogP contribution is 2.48. The molecule has 0 saturated carbocycles. The van der Waals surface area contributed by atoms with Gasteiger partial charge in [-0.15, -0.1) is 11.3 Å². The molecule has 5 heterocycles. The number of benzene rings is 2. The summed E-state index contributed by atoms with van der Waals surface area (Å²) in [5.74, 6) is -0.182. The summed E-state index contributed by atoms with van der Waals surface area (Å²) in [5, 5.41) is 11.9. The van der Waals surface area contributed by atoms with E-state index in [2.05, 4.69) is 27.3 Å². The van der Waals surface area contributed by atoms with E-state index in [1.54, 1.807) is 24.1 Å². The van der Waals surface area contributed by atoms with E-state index in [1.807, 2.05) is 13.0 Å². The monoisotopic (exact) mass is 712 g/mol. The number of nitrogen functional groups attached to an aromatic ring is 1. The SMILES string of the molecule is [C-]#[N+]c1c(N)sc2c(F)ccc(-c3ccc4c(N(CC)C5CCN(C(=O)C=C)[C@@H]5COC)nc(OC[C@@]56CCCN5C[C@H](F)C6)nc4c3C#N)c12. The average Bonchev–Trinajstić information content (AvgIpc) is 3.88. The molecular formula is C37H38F2N8O3S. The second-order valence-electron chi connectivity index (χ2n) is 13.3.